The number of carboxylic acids is 1. The number of nitrogens with one attached hydrogen (secondary N) is 2. The third-order valence-corrected chi connectivity index (χ3v) is 8.77. The molecule has 0 saturated heterocycles. The van der Waals surface area contributed by atoms with Gasteiger partial charge in [0.2, 0.25) is 5.91 Å². The van der Waals surface area contributed by atoms with E-state index in [2.05, 4.69) is 15.6 Å². The van der Waals surface area contributed by atoms with E-state index in [-0.39, 0.29) is 23.7 Å². The van der Waals surface area contributed by atoms with Crippen molar-refractivity contribution in [3.63, 3.8) is 0 Å². The molecule has 3 aliphatic rings. The van der Waals surface area contributed by atoms with Crippen LogP contribution in [0.4, 0.5) is 5.00 Å². The van der Waals surface area contributed by atoms with Gasteiger partial charge in [0.15, 0.2) is 0 Å². The fourth-order valence-corrected chi connectivity index (χ4v) is 7.35. The molecule has 7 nitrogen and oxygen atoms in total. The van der Waals surface area contributed by atoms with Gasteiger partial charge < -0.3 is 15.7 Å². The van der Waals surface area contributed by atoms with E-state index in [9.17, 15) is 19.5 Å². The van der Waals surface area contributed by atoms with Crippen molar-refractivity contribution in [2.24, 2.45) is 23.7 Å². The lowest BCUT2D eigenvalue weighted by Crippen LogP contribution is -2.38. The first-order valence-electron chi connectivity index (χ1n) is 11.9. The van der Waals surface area contributed by atoms with E-state index < -0.39 is 17.8 Å². The molecule has 3 N–H and O–H groups in total. The summed E-state index contributed by atoms with van der Waals surface area (Å²) in [5, 5.41) is 16.3. The first-order valence-corrected chi connectivity index (χ1v) is 12.7. The highest BCUT2D eigenvalue weighted by molar-refractivity contribution is 7.17. The van der Waals surface area contributed by atoms with Crippen molar-refractivity contribution in [3.8, 4) is 0 Å². The maximum Gasteiger partial charge on any atom is 0.307 e. The molecule has 2 aromatic heterocycles. The van der Waals surface area contributed by atoms with E-state index in [4.69, 9.17) is 0 Å². The number of carbonyl (C=O) groups is 3. The van der Waals surface area contributed by atoms with Gasteiger partial charge in [-0.3, -0.25) is 19.4 Å². The van der Waals surface area contributed by atoms with Crippen LogP contribution in [0.1, 0.15) is 64.9 Å². The lowest BCUT2D eigenvalue weighted by Gasteiger charge is -2.27. The maximum atomic E-state index is 13.3. The number of thiophene rings is 1. The van der Waals surface area contributed by atoms with Crippen LogP contribution in [0, 0.1) is 23.7 Å². The Balaban J connectivity index is 1.40. The first-order chi connectivity index (χ1) is 16.0. The molecule has 0 spiro atoms. The van der Waals surface area contributed by atoms with E-state index in [1.165, 1.54) is 11.3 Å². The number of aryl methyl sites for hydroxylation is 1. The van der Waals surface area contributed by atoms with Gasteiger partial charge in [-0.2, -0.15) is 0 Å². The van der Waals surface area contributed by atoms with E-state index in [0.717, 1.165) is 67.4 Å². The minimum atomic E-state index is -0.876. The molecule has 2 bridgehead atoms. The van der Waals surface area contributed by atoms with Gasteiger partial charge in [0.25, 0.3) is 5.91 Å². The number of aliphatic carboxylic acids is 1. The number of amides is 2. The van der Waals surface area contributed by atoms with Crippen molar-refractivity contribution in [2.75, 3.05) is 5.32 Å². The number of nitrogens with zero attached hydrogens (tertiary/aromatic N) is 1. The summed E-state index contributed by atoms with van der Waals surface area (Å²) in [6, 6.07) is 3.74. The number of carbonyl (C=O) groups excluding carboxylic acids is 2. The predicted octanol–water partition coefficient (Wildman–Crippen LogP) is 4.03. The molecule has 0 aliphatic heterocycles. The zero-order valence-corrected chi connectivity index (χ0v) is 19.3. The summed E-state index contributed by atoms with van der Waals surface area (Å²) in [5.41, 5.74) is 2.51. The Kier molecular flexibility index (Phi) is 6.19. The molecule has 4 atom stereocenters. The van der Waals surface area contributed by atoms with Crippen molar-refractivity contribution in [3.05, 3.63) is 46.1 Å². The highest BCUT2D eigenvalue weighted by atomic mass is 32.1. The standard InChI is InChI=1S/C25H29N3O4S/c29-22(27-13-14-5-4-10-26-12-14)21-17-6-2-1-3-7-18(17)33-24(21)28-23(30)19-15-8-9-16(11-15)20(19)25(31)32/h4-5,10,12,15-16,19-20H,1-3,6-9,11,13H2,(H,27,29)(H,28,30)(H,31,32)/t15-,16+,19-,20+/m0/s1. The molecule has 2 aromatic rings. The number of fused-ring (bicyclic) bond motifs is 3. The number of aromatic nitrogens is 1. The molecule has 33 heavy (non-hydrogen) atoms. The Morgan fingerprint density at radius 2 is 1.88 bits per heavy atom. The zero-order valence-electron chi connectivity index (χ0n) is 18.5. The molecule has 2 amide bonds. The molecule has 8 heteroatoms. The molecule has 0 unspecified atom stereocenters. The van der Waals surface area contributed by atoms with E-state index in [1.807, 2.05) is 12.1 Å². The van der Waals surface area contributed by atoms with Crippen LogP contribution in [0.15, 0.2) is 24.5 Å². The number of hydrogen-bond acceptors (Lipinski definition) is 5. The van der Waals surface area contributed by atoms with E-state index in [0.29, 0.717) is 17.1 Å². The average molecular weight is 468 g/mol. The van der Waals surface area contributed by atoms with Crippen LogP contribution in [0.3, 0.4) is 0 Å². The second-order valence-corrected chi connectivity index (χ2v) is 10.6. The van der Waals surface area contributed by atoms with Gasteiger partial charge in [0.1, 0.15) is 5.00 Å². The lowest BCUT2D eigenvalue weighted by molar-refractivity contribution is -0.148. The van der Waals surface area contributed by atoms with Crippen molar-refractivity contribution < 1.29 is 19.5 Å². The Morgan fingerprint density at radius 1 is 1.09 bits per heavy atom. The lowest BCUT2D eigenvalue weighted by atomic mass is 9.78. The SMILES string of the molecule is O=C(NCc1cccnc1)c1c(NC(=O)[C@H]2[C@H]3CC[C@H](C3)[C@H]2C(=O)O)sc2c1CCCCC2. The number of rotatable bonds is 6. The third-order valence-electron chi connectivity index (χ3n) is 7.57. The molecule has 2 fully saturated rings. The molecule has 2 heterocycles. The maximum absolute atomic E-state index is 13.3. The number of pyridine rings is 1. The van der Waals surface area contributed by atoms with Crippen LogP contribution in [0.5, 0.6) is 0 Å². The van der Waals surface area contributed by atoms with Gasteiger partial charge in [0, 0.05) is 23.8 Å². The first kappa shape index (κ1) is 22.1. The van der Waals surface area contributed by atoms with Gasteiger partial charge in [-0.15, -0.1) is 11.3 Å². The van der Waals surface area contributed by atoms with Crippen LogP contribution in [-0.2, 0) is 29.0 Å². The fourth-order valence-electron chi connectivity index (χ4n) is 6.06. The molecular weight excluding hydrogens is 438 g/mol. The summed E-state index contributed by atoms with van der Waals surface area (Å²) in [6.07, 6.45) is 11.0. The Hall–Kier alpha value is -2.74. The minimum Gasteiger partial charge on any atom is -0.481 e. The Morgan fingerprint density at radius 3 is 2.64 bits per heavy atom. The molecule has 0 radical (unpaired) electrons. The summed E-state index contributed by atoms with van der Waals surface area (Å²) >= 11 is 1.49. The summed E-state index contributed by atoms with van der Waals surface area (Å²) in [7, 11) is 0. The summed E-state index contributed by atoms with van der Waals surface area (Å²) in [5.74, 6) is -2.25. The summed E-state index contributed by atoms with van der Waals surface area (Å²) < 4.78 is 0. The summed E-state index contributed by atoms with van der Waals surface area (Å²) in [6.45, 7) is 0.359. The minimum absolute atomic E-state index is 0.0885. The van der Waals surface area contributed by atoms with Crippen molar-refractivity contribution in [1.29, 1.82) is 0 Å². The van der Waals surface area contributed by atoms with Crippen LogP contribution >= 0.6 is 11.3 Å². The van der Waals surface area contributed by atoms with Crippen molar-refractivity contribution >= 4 is 34.1 Å². The molecule has 0 aromatic carbocycles. The molecule has 5 rings (SSSR count). The molecule has 3 aliphatic carbocycles. The van der Waals surface area contributed by atoms with Gasteiger partial charge in [-0.05, 0) is 74.0 Å². The average Bonchev–Trinajstić information content (AvgIpc) is 3.47. The molecule has 174 valence electrons. The number of hydrogen-bond donors (Lipinski definition) is 3. The van der Waals surface area contributed by atoms with E-state index in [1.54, 1.807) is 12.4 Å². The summed E-state index contributed by atoms with van der Waals surface area (Å²) in [4.78, 5) is 43.8. The molecular formula is C25H29N3O4S. The van der Waals surface area contributed by atoms with Gasteiger partial charge in [-0.1, -0.05) is 12.5 Å². The third kappa shape index (κ3) is 4.28. The topological polar surface area (TPSA) is 108 Å². The normalized spacial score (nSPS) is 25.8. The number of anilines is 1. The van der Waals surface area contributed by atoms with E-state index >= 15 is 0 Å². The smallest absolute Gasteiger partial charge is 0.307 e. The largest absolute Gasteiger partial charge is 0.481 e. The molecule has 2 saturated carbocycles. The second kappa shape index (κ2) is 9.25. The van der Waals surface area contributed by atoms with Crippen molar-refractivity contribution in [2.45, 2.75) is 57.9 Å². The van der Waals surface area contributed by atoms with Crippen molar-refractivity contribution in [1.82, 2.24) is 10.3 Å². The van der Waals surface area contributed by atoms with Gasteiger partial charge >= 0.3 is 5.97 Å². The number of carboxylic acid groups (broad SMARTS) is 1. The Labute approximate surface area is 197 Å². The Bertz CT molecular complexity index is 1070. The highest BCUT2D eigenvalue weighted by Crippen LogP contribution is 2.53. The van der Waals surface area contributed by atoms with Crippen LogP contribution in [0.2, 0.25) is 0 Å². The van der Waals surface area contributed by atoms with Gasteiger partial charge in [0.05, 0.1) is 17.4 Å². The van der Waals surface area contributed by atoms with Crippen LogP contribution in [-0.4, -0.2) is 27.9 Å². The van der Waals surface area contributed by atoms with Crippen LogP contribution in [0.25, 0.3) is 0 Å². The predicted molar refractivity (Wildman–Crippen MR) is 125 cm³/mol. The fraction of sp³-hybridized carbons (Fsp3) is 0.520. The van der Waals surface area contributed by atoms with Gasteiger partial charge in [-0.25, -0.2) is 0 Å². The zero-order chi connectivity index (χ0) is 22.9. The second-order valence-electron chi connectivity index (χ2n) is 9.52. The quantitative estimate of drug-likeness (QED) is 0.556. The highest BCUT2D eigenvalue weighted by Gasteiger charge is 2.54. The monoisotopic (exact) mass is 467 g/mol. The van der Waals surface area contributed by atoms with Crippen LogP contribution < -0.4 is 10.6 Å².